The number of nitrogens with one attached hydrogen (secondary N) is 1. The fourth-order valence-electron chi connectivity index (χ4n) is 4.46. The van der Waals surface area contributed by atoms with Crippen LogP contribution in [0.2, 0.25) is 0 Å². The number of benzene rings is 1. The van der Waals surface area contributed by atoms with Crippen LogP contribution >= 0.6 is 0 Å². The number of nitrogens with zero attached hydrogens (tertiary/aromatic N) is 6. The first-order valence-electron chi connectivity index (χ1n) is 10.5. The van der Waals surface area contributed by atoms with Gasteiger partial charge >= 0.3 is 6.03 Å². The lowest BCUT2D eigenvalue weighted by atomic mass is 9.91. The van der Waals surface area contributed by atoms with E-state index in [0.29, 0.717) is 22.9 Å². The molecule has 1 aliphatic carbocycles. The highest BCUT2D eigenvalue weighted by Gasteiger charge is 2.49. The summed E-state index contributed by atoms with van der Waals surface area (Å²) in [6.07, 6.45) is 3.66. The lowest BCUT2D eigenvalue weighted by Crippen LogP contribution is -2.41. The molecule has 2 aliphatic rings. The Morgan fingerprint density at radius 1 is 1.22 bits per heavy atom. The number of carbonyl (C=O) groups excluding carboxylic acids is 3. The second-order valence-corrected chi connectivity index (χ2v) is 8.56. The van der Waals surface area contributed by atoms with Crippen LogP contribution < -0.4 is 5.32 Å². The minimum Gasteiger partial charge on any atom is -0.345 e. The quantitative estimate of drug-likeness (QED) is 0.470. The van der Waals surface area contributed by atoms with Crippen molar-refractivity contribution in [1.29, 1.82) is 0 Å². The van der Waals surface area contributed by atoms with Gasteiger partial charge in [0.2, 0.25) is 0 Å². The Kier molecular flexibility index (Phi) is 4.47. The van der Waals surface area contributed by atoms with Crippen molar-refractivity contribution in [3.8, 4) is 5.69 Å². The predicted molar refractivity (Wildman–Crippen MR) is 113 cm³/mol. The lowest BCUT2D eigenvalue weighted by molar-refractivity contribution is -0.130. The molecule has 1 aliphatic heterocycles. The van der Waals surface area contributed by atoms with Crippen LogP contribution in [-0.2, 0) is 10.3 Å². The molecule has 10 heteroatoms. The van der Waals surface area contributed by atoms with Crippen LogP contribution in [-0.4, -0.2) is 53.9 Å². The summed E-state index contributed by atoms with van der Waals surface area (Å²) >= 11 is 0. The zero-order valence-electron chi connectivity index (χ0n) is 18.1. The van der Waals surface area contributed by atoms with Gasteiger partial charge in [-0.25, -0.2) is 9.48 Å². The zero-order chi connectivity index (χ0) is 22.6. The summed E-state index contributed by atoms with van der Waals surface area (Å²) in [5, 5.41) is 13.9. The molecule has 0 radical (unpaired) electrons. The Balaban J connectivity index is 1.40. The zero-order valence-corrected chi connectivity index (χ0v) is 18.1. The van der Waals surface area contributed by atoms with E-state index >= 15 is 0 Å². The number of urea groups is 1. The van der Waals surface area contributed by atoms with E-state index < -0.39 is 17.5 Å². The molecular formula is C22H23N7O3. The third-order valence-corrected chi connectivity index (χ3v) is 6.31. The monoisotopic (exact) mass is 433 g/mol. The molecule has 10 nitrogen and oxygen atoms in total. The summed E-state index contributed by atoms with van der Waals surface area (Å²) in [6.45, 7) is 5.22. The van der Waals surface area contributed by atoms with E-state index in [-0.39, 0.29) is 12.3 Å². The molecule has 0 bridgehead atoms. The van der Waals surface area contributed by atoms with Crippen LogP contribution in [0.15, 0.2) is 36.7 Å². The molecule has 3 amide bonds. The largest absolute Gasteiger partial charge is 0.345 e. The van der Waals surface area contributed by atoms with Crippen molar-refractivity contribution in [1.82, 2.24) is 35.0 Å². The normalized spacial score (nSPS) is 20.7. The van der Waals surface area contributed by atoms with Crippen molar-refractivity contribution in [2.24, 2.45) is 0 Å². The van der Waals surface area contributed by atoms with Crippen molar-refractivity contribution in [2.75, 3.05) is 6.54 Å². The van der Waals surface area contributed by atoms with Gasteiger partial charge in [0.1, 0.15) is 11.9 Å². The van der Waals surface area contributed by atoms with Crippen molar-refractivity contribution >= 4 is 17.7 Å². The molecule has 1 saturated carbocycles. The Labute approximate surface area is 184 Å². The Morgan fingerprint density at radius 3 is 2.69 bits per heavy atom. The average molecular weight is 433 g/mol. The van der Waals surface area contributed by atoms with Crippen molar-refractivity contribution in [3.63, 3.8) is 0 Å². The Hall–Kier alpha value is -3.82. The smallest absolute Gasteiger partial charge is 0.325 e. The standard InChI is InChI=1S/C22H23N7O3/c1-13-9-18(14(2)29(13)16-7-8-16)19(30)11-27-20(31)22(3,24-21(27)32)15-5-4-6-17(10-15)28-12-23-25-26-28/h4-6,9-10,12,16H,7-8,11H2,1-3H3,(H,24,32)/t22-/m1/s1. The fourth-order valence-corrected chi connectivity index (χ4v) is 4.46. The Morgan fingerprint density at radius 2 is 2.00 bits per heavy atom. The van der Waals surface area contributed by atoms with Gasteiger partial charge in [-0.3, -0.25) is 14.5 Å². The molecule has 1 N–H and O–H groups in total. The van der Waals surface area contributed by atoms with Gasteiger partial charge in [-0.1, -0.05) is 12.1 Å². The lowest BCUT2D eigenvalue weighted by Gasteiger charge is -2.22. The van der Waals surface area contributed by atoms with E-state index in [4.69, 9.17) is 0 Å². The number of Topliss-reactive ketones (excluding diaryl/α,β-unsaturated/α-hetero) is 1. The molecular weight excluding hydrogens is 410 g/mol. The molecule has 5 rings (SSSR count). The number of aryl methyl sites for hydroxylation is 1. The highest BCUT2D eigenvalue weighted by molar-refractivity contribution is 6.11. The van der Waals surface area contributed by atoms with Crippen LogP contribution in [0.5, 0.6) is 0 Å². The number of tetrazole rings is 1. The topological polar surface area (TPSA) is 115 Å². The van der Waals surface area contributed by atoms with Gasteiger partial charge in [0, 0.05) is 23.0 Å². The second kappa shape index (κ2) is 7.11. The van der Waals surface area contributed by atoms with E-state index in [0.717, 1.165) is 29.1 Å². The first-order valence-corrected chi connectivity index (χ1v) is 10.5. The maximum absolute atomic E-state index is 13.3. The summed E-state index contributed by atoms with van der Waals surface area (Å²) in [4.78, 5) is 40.1. The van der Waals surface area contributed by atoms with Crippen LogP contribution in [0.25, 0.3) is 5.69 Å². The summed E-state index contributed by atoms with van der Waals surface area (Å²) in [5.74, 6) is -0.721. The summed E-state index contributed by atoms with van der Waals surface area (Å²) in [7, 11) is 0. The van der Waals surface area contributed by atoms with Crippen LogP contribution in [0, 0.1) is 13.8 Å². The molecule has 1 aromatic carbocycles. The molecule has 1 atom stereocenters. The minimum atomic E-state index is -1.30. The first kappa shape index (κ1) is 20.1. The molecule has 2 aromatic heterocycles. The number of imide groups is 1. The molecule has 1 saturated heterocycles. The van der Waals surface area contributed by atoms with Gasteiger partial charge in [-0.2, -0.15) is 0 Å². The van der Waals surface area contributed by atoms with Gasteiger partial charge in [0.25, 0.3) is 5.91 Å². The molecule has 164 valence electrons. The van der Waals surface area contributed by atoms with Crippen LogP contribution in [0.3, 0.4) is 0 Å². The summed E-state index contributed by atoms with van der Waals surface area (Å²) in [6, 6.07) is 8.75. The van der Waals surface area contributed by atoms with E-state index in [9.17, 15) is 14.4 Å². The number of hydrogen-bond donors (Lipinski definition) is 1. The Bertz CT molecular complexity index is 1240. The average Bonchev–Trinajstić information content (AvgIpc) is 3.26. The molecule has 0 unspecified atom stereocenters. The highest BCUT2D eigenvalue weighted by atomic mass is 16.2. The number of hydrogen-bond acceptors (Lipinski definition) is 6. The number of amides is 3. The first-order chi connectivity index (χ1) is 15.3. The van der Waals surface area contributed by atoms with Gasteiger partial charge in [-0.15, -0.1) is 5.10 Å². The number of aromatic nitrogens is 5. The third kappa shape index (κ3) is 3.10. The SMILES string of the molecule is Cc1cc(C(=O)CN2C(=O)N[C@](C)(c3cccc(-n4cnnn4)c3)C2=O)c(C)n1C1CC1. The van der Waals surface area contributed by atoms with Gasteiger partial charge in [0.05, 0.1) is 12.2 Å². The van der Waals surface area contributed by atoms with Crippen LogP contribution in [0.1, 0.15) is 53.1 Å². The fraction of sp³-hybridized carbons (Fsp3) is 0.364. The highest BCUT2D eigenvalue weighted by Crippen LogP contribution is 2.38. The number of ketones is 1. The minimum absolute atomic E-state index is 0.250. The van der Waals surface area contributed by atoms with E-state index in [1.165, 1.54) is 11.0 Å². The van der Waals surface area contributed by atoms with Crippen molar-refractivity contribution in [2.45, 2.75) is 45.2 Å². The van der Waals surface area contributed by atoms with E-state index in [2.05, 4.69) is 25.4 Å². The molecule has 3 heterocycles. The van der Waals surface area contributed by atoms with E-state index in [1.807, 2.05) is 19.9 Å². The molecule has 32 heavy (non-hydrogen) atoms. The molecule has 0 spiro atoms. The second-order valence-electron chi connectivity index (χ2n) is 8.56. The summed E-state index contributed by atoms with van der Waals surface area (Å²) in [5.41, 5.74) is 2.40. The predicted octanol–water partition coefficient (Wildman–Crippen LogP) is 2.07. The van der Waals surface area contributed by atoms with Crippen molar-refractivity contribution < 1.29 is 14.4 Å². The van der Waals surface area contributed by atoms with Gasteiger partial charge < -0.3 is 9.88 Å². The third-order valence-electron chi connectivity index (χ3n) is 6.31. The maximum atomic E-state index is 13.3. The van der Waals surface area contributed by atoms with Gasteiger partial charge in [-0.05, 0) is 67.8 Å². The van der Waals surface area contributed by atoms with Crippen LogP contribution in [0.4, 0.5) is 4.79 Å². The maximum Gasteiger partial charge on any atom is 0.325 e. The van der Waals surface area contributed by atoms with Crippen molar-refractivity contribution in [3.05, 3.63) is 59.2 Å². The number of carbonyl (C=O) groups is 3. The molecule has 2 fully saturated rings. The molecule has 3 aromatic rings. The van der Waals surface area contributed by atoms with E-state index in [1.54, 1.807) is 31.2 Å². The number of rotatable bonds is 6. The summed E-state index contributed by atoms with van der Waals surface area (Å²) < 4.78 is 3.64. The van der Waals surface area contributed by atoms with Gasteiger partial charge in [0.15, 0.2) is 5.78 Å².